The fourth-order valence-corrected chi connectivity index (χ4v) is 2.58. The summed E-state index contributed by atoms with van der Waals surface area (Å²) in [5.41, 5.74) is 0.291. The van der Waals surface area contributed by atoms with Crippen LogP contribution in [0.4, 0.5) is 19.0 Å². The maximum atomic E-state index is 12.9. The highest BCUT2D eigenvalue weighted by atomic mass is 127. The SMILES string of the molecule is CN=C(NCCNc1ncccc1C(F)(F)F)NCCc1ccccc1OC.I. The summed E-state index contributed by atoms with van der Waals surface area (Å²) < 4.78 is 44.1. The lowest BCUT2D eigenvalue weighted by molar-refractivity contribution is -0.137. The van der Waals surface area contributed by atoms with E-state index >= 15 is 0 Å². The van der Waals surface area contributed by atoms with Crippen LogP contribution < -0.4 is 20.7 Å². The average Bonchev–Trinajstić information content (AvgIpc) is 2.69. The average molecular weight is 523 g/mol. The van der Waals surface area contributed by atoms with Crippen molar-refractivity contribution in [1.82, 2.24) is 15.6 Å². The minimum Gasteiger partial charge on any atom is -0.496 e. The van der Waals surface area contributed by atoms with Crippen molar-refractivity contribution in [3.8, 4) is 5.75 Å². The van der Waals surface area contributed by atoms with Gasteiger partial charge in [0.15, 0.2) is 5.96 Å². The molecular formula is C19H25F3IN5O. The van der Waals surface area contributed by atoms with Gasteiger partial charge in [0.05, 0.1) is 12.7 Å². The topological polar surface area (TPSA) is 70.6 Å². The third-order valence-electron chi connectivity index (χ3n) is 3.93. The minimum atomic E-state index is -4.44. The summed E-state index contributed by atoms with van der Waals surface area (Å²) in [5, 5.41) is 8.92. The zero-order valence-electron chi connectivity index (χ0n) is 16.2. The van der Waals surface area contributed by atoms with Crippen molar-refractivity contribution in [2.45, 2.75) is 12.6 Å². The predicted octanol–water partition coefficient (Wildman–Crippen LogP) is 3.55. The summed E-state index contributed by atoms with van der Waals surface area (Å²) in [6.07, 6.45) is -2.38. The Morgan fingerprint density at radius 3 is 2.48 bits per heavy atom. The first kappa shape index (κ1) is 24.8. The molecule has 0 saturated carbocycles. The van der Waals surface area contributed by atoms with E-state index in [2.05, 4.69) is 25.9 Å². The number of alkyl halides is 3. The number of aliphatic imine (C=N–C) groups is 1. The number of hydrogen-bond donors (Lipinski definition) is 3. The largest absolute Gasteiger partial charge is 0.496 e. The van der Waals surface area contributed by atoms with E-state index in [0.29, 0.717) is 19.0 Å². The van der Waals surface area contributed by atoms with Gasteiger partial charge in [0.25, 0.3) is 0 Å². The number of anilines is 1. The van der Waals surface area contributed by atoms with E-state index in [-0.39, 0.29) is 36.3 Å². The van der Waals surface area contributed by atoms with Gasteiger partial charge in [0.1, 0.15) is 11.6 Å². The van der Waals surface area contributed by atoms with E-state index in [9.17, 15) is 13.2 Å². The van der Waals surface area contributed by atoms with Crippen LogP contribution >= 0.6 is 24.0 Å². The van der Waals surface area contributed by atoms with Crippen molar-refractivity contribution >= 4 is 35.8 Å². The molecule has 0 bridgehead atoms. The van der Waals surface area contributed by atoms with Crippen molar-refractivity contribution in [3.63, 3.8) is 0 Å². The second kappa shape index (κ2) is 12.3. The van der Waals surface area contributed by atoms with E-state index in [1.807, 2.05) is 24.3 Å². The van der Waals surface area contributed by atoms with Gasteiger partial charge >= 0.3 is 6.18 Å². The molecule has 0 atom stereocenters. The first-order valence-corrected chi connectivity index (χ1v) is 8.78. The van der Waals surface area contributed by atoms with Crippen LogP contribution in [0.5, 0.6) is 5.75 Å². The number of aromatic nitrogens is 1. The number of nitrogens with one attached hydrogen (secondary N) is 3. The van der Waals surface area contributed by atoms with Gasteiger partial charge in [0.2, 0.25) is 0 Å². The Kier molecular flexibility index (Phi) is 10.6. The molecule has 1 aromatic heterocycles. The highest BCUT2D eigenvalue weighted by Gasteiger charge is 2.33. The van der Waals surface area contributed by atoms with E-state index in [1.54, 1.807) is 14.2 Å². The number of methoxy groups -OCH3 is 1. The molecule has 10 heteroatoms. The molecule has 0 radical (unpaired) electrons. The highest BCUT2D eigenvalue weighted by Crippen LogP contribution is 2.33. The molecule has 2 rings (SSSR count). The van der Waals surface area contributed by atoms with E-state index in [4.69, 9.17) is 4.74 Å². The molecule has 1 aromatic carbocycles. The number of benzene rings is 1. The van der Waals surface area contributed by atoms with Crippen LogP contribution in [0.15, 0.2) is 47.6 Å². The van der Waals surface area contributed by atoms with Gasteiger partial charge in [-0.1, -0.05) is 18.2 Å². The summed E-state index contributed by atoms with van der Waals surface area (Å²) >= 11 is 0. The number of ether oxygens (including phenoxy) is 1. The first-order chi connectivity index (χ1) is 13.5. The Morgan fingerprint density at radius 2 is 1.79 bits per heavy atom. The Bertz CT molecular complexity index is 786. The molecule has 0 fully saturated rings. The van der Waals surface area contributed by atoms with Crippen LogP contribution in [0.25, 0.3) is 0 Å². The summed E-state index contributed by atoms with van der Waals surface area (Å²) in [6, 6.07) is 10.0. The number of nitrogens with zero attached hydrogens (tertiary/aromatic N) is 2. The maximum absolute atomic E-state index is 12.9. The third-order valence-corrected chi connectivity index (χ3v) is 3.93. The lowest BCUT2D eigenvalue weighted by atomic mass is 10.1. The molecular weight excluding hydrogens is 498 g/mol. The molecule has 1 heterocycles. The van der Waals surface area contributed by atoms with Crippen molar-refractivity contribution in [2.75, 3.05) is 39.1 Å². The zero-order chi connectivity index (χ0) is 20.4. The van der Waals surface area contributed by atoms with E-state index in [1.165, 1.54) is 12.3 Å². The monoisotopic (exact) mass is 523 g/mol. The van der Waals surface area contributed by atoms with Crippen molar-refractivity contribution < 1.29 is 17.9 Å². The predicted molar refractivity (Wildman–Crippen MR) is 119 cm³/mol. The summed E-state index contributed by atoms with van der Waals surface area (Å²) in [5.74, 6) is 1.21. The Labute approximate surface area is 185 Å². The fraction of sp³-hybridized carbons (Fsp3) is 0.368. The highest BCUT2D eigenvalue weighted by molar-refractivity contribution is 14.0. The lowest BCUT2D eigenvalue weighted by Crippen LogP contribution is -2.40. The molecule has 0 spiro atoms. The van der Waals surface area contributed by atoms with E-state index in [0.717, 1.165) is 23.8 Å². The summed E-state index contributed by atoms with van der Waals surface area (Å²) in [7, 11) is 3.26. The maximum Gasteiger partial charge on any atom is 0.419 e. The molecule has 6 nitrogen and oxygen atoms in total. The number of halogens is 4. The van der Waals surface area contributed by atoms with Gasteiger partial charge in [-0.3, -0.25) is 4.99 Å². The molecule has 0 aliphatic rings. The van der Waals surface area contributed by atoms with Crippen molar-refractivity contribution in [1.29, 1.82) is 0 Å². The molecule has 0 amide bonds. The third kappa shape index (κ3) is 7.95. The van der Waals surface area contributed by atoms with Gasteiger partial charge < -0.3 is 20.7 Å². The molecule has 0 saturated heterocycles. The molecule has 160 valence electrons. The molecule has 0 aliphatic heterocycles. The van der Waals surface area contributed by atoms with Gasteiger partial charge in [0, 0.05) is 32.9 Å². The standard InChI is InChI=1S/C19H24F3N5O.HI/c1-23-18(26-11-9-14-6-3-4-8-16(14)28-2)27-13-12-25-17-15(19(20,21)22)7-5-10-24-17;/h3-8,10H,9,11-13H2,1-2H3,(H,24,25)(H2,23,26,27);1H. The molecule has 0 aliphatic carbocycles. The number of pyridine rings is 1. The Hall–Kier alpha value is -2.24. The van der Waals surface area contributed by atoms with Crippen LogP contribution in [0.3, 0.4) is 0 Å². The van der Waals surface area contributed by atoms with Crippen LogP contribution in [-0.2, 0) is 12.6 Å². The van der Waals surface area contributed by atoms with Crippen LogP contribution in [0.2, 0.25) is 0 Å². The smallest absolute Gasteiger partial charge is 0.419 e. The van der Waals surface area contributed by atoms with Gasteiger partial charge in [-0.05, 0) is 30.2 Å². The minimum absolute atomic E-state index is 0. The molecule has 29 heavy (non-hydrogen) atoms. The Balaban J connectivity index is 0.00000420. The zero-order valence-corrected chi connectivity index (χ0v) is 18.5. The Morgan fingerprint density at radius 1 is 1.07 bits per heavy atom. The number of para-hydroxylation sites is 1. The van der Waals surface area contributed by atoms with Gasteiger partial charge in [-0.25, -0.2) is 4.98 Å². The summed E-state index contributed by atoms with van der Waals surface area (Å²) in [4.78, 5) is 7.87. The van der Waals surface area contributed by atoms with Crippen LogP contribution in [-0.4, -0.2) is 44.7 Å². The van der Waals surface area contributed by atoms with Crippen LogP contribution in [0.1, 0.15) is 11.1 Å². The van der Waals surface area contributed by atoms with Crippen LogP contribution in [0, 0.1) is 0 Å². The molecule has 3 N–H and O–H groups in total. The number of guanidine groups is 1. The molecule has 2 aromatic rings. The number of rotatable bonds is 8. The van der Waals surface area contributed by atoms with Gasteiger partial charge in [-0.2, -0.15) is 13.2 Å². The first-order valence-electron chi connectivity index (χ1n) is 8.78. The summed E-state index contributed by atoms with van der Waals surface area (Å²) in [6.45, 7) is 1.27. The van der Waals surface area contributed by atoms with E-state index < -0.39 is 11.7 Å². The lowest BCUT2D eigenvalue weighted by Gasteiger charge is -2.15. The second-order valence-corrected chi connectivity index (χ2v) is 5.81. The van der Waals surface area contributed by atoms with Crippen molar-refractivity contribution in [2.24, 2.45) is 4.99 Å². The van der Waals surface area contributed by atoms with Gasteiger partial charge in [-0.15, -0.1) is 24.0 Å². The fourth-order valence-electron chi connectivity index (χ4n) is 2.58. The normalized spacial score (nSPS) is 11.4. The number of hydrogen-bond acceptors (Lipinski definition) is 4. The molecule has 0 unspecified atom stereocenters. The van der Waals surface area contributed by atoms with Crippen molar-refractivity contribution in [3.05, 3.63) is 53.7 Å². The second-order valence-electron chi connectivity index (χ2n) is 5.81. The quantitative estimate of drug-likeness (QED) is 0.214.